The van der Waals surface area contributed by atoms with E-state index in [0.29, 0.717) is 28.8 Å². The highest BCUT2D eigenvalue weighted by Crippen LogP contribution is 2.28. The number of rotatable bonds is 6. The third-order valence-corrected chi connectivity index (χ3v) is 4.42. The number of halogens is 2. The van der Waals surface area contributed by atoms with Crippen LogP contribution in [0.15, 0.2) is 35.3 Å². The molecule has 7 heteroatoms. The van der Waals surface area contributed by atoms with Crippen LogP contribution < -0.4 is 0 Å². The predicted molar refractivity (Wildman–Crippen MR) is 91.0 cm³/mol. The van der Waals surface area contributed by atoms with Crippen molar-refractivity contribution in [2.24, 2.45) is 0 Å². The molecule has 0 radical (unpaired) electrons. The molecule has 0 saturated heterocycles. The molecule has 0 saturated carbocycles. The lowest BCUT2D eigenvalue weighted by Gasteiger charge is -2.28. The van der Waals surface area contributed by atoms with Gasteiger partial charge in [0.2, 0.25) is 0 Å². The van der Waals surface area contributed by atoms with Crippen LogP contribution in [0.2, 0.25) is 10.0 Å². The van der Waals surface area contributed by atoms with Crippen LogP contribution >= 0.6 is 23.2 Å². The monoisotopic (exact) mass is 355 g/mol. The van der Waals surface area contributed by atoms with Gasteiger partial charge in [0.15, 0.2) is 12.1 Å². The molecule has 0 aliphatic rings. The van der Waals surface area contributed by atoms with Gasteiger partial charge in [-0.3, -0.25) is 9.69 Å². The molecule has 1 aromatic heterocycles. The smallest absolute Gasteiger partial charge is 0.275 e. The largest absolute Gasteiger partial charge is 0.451 e. The number of benzene rings is 1. The summed E-state index contributed by atoms with van der Waals surface area (Å²) >= 11 is 12.2. The van der Waals surface area contributed by atoms with Crippen LogP contribution in [0, 0.1) is 0 Å². The maximum Gasteiger partial charge on any atom is 0.275 e. The summed E-state index contributed by atoms with van der Waals surface area (Å²) in [6.45, 7) is 3.33. The van der Waals surface area contributed by atoms with Gasteiger partial charge < -0.3 is 9.32 Å². The highest BCUT2D eigenvalue weighted by atomic mass is 35.5. The molecule has 0 N–H and O–H groups in total. The minimum absolute atomic E-state index is 0.107. The quantitative estimate of drug-likeness (QED) is 0.791. The van der Waals surface area contributed by atoms with Gasteiger partial charge >= 0.3 is 0 Å². The standard InChI is InChI=1S/C16H19Cl2N3O2/c1-11(13-5-4-12(17)8-14(13)18)20(2)6-7-21(3)16(22)15-9-23-10-19-15/h4-5,8-11H,6-7H2,1-3H3. The molecule has 0 fully saturated rings. The zero-order valence-corrected chi connectivity index (χ0v) is 14.8. The Morgan fingerprint density at radius 2 is 2.04 bits per heavy atom. The Morgan fingerprint density at radius 1 is 1.30 bits per heavy atom. The van der Waals surface area contributed by atoms with Gasteiger partial charge in [0.05, 0.1) is 0 Å². The van der Waals surface area contributed by atoms with Crippen LogP contribution in [0.1, 0.15) is 29.0 Å². The van der Waals surface area contributed by atoms with Crippen LogP contribution in [0.4, 0.5) is 0 Å². The second-order valence-corrected chi connectivity index (χ2v) is 6.27. The summed E-state index contributed by atoms with van der Waals surface area (Å²) in [5, 5.41) is 1.26. The average molecular weight is 356 g/mol. The fourth-order valence-corrected chi connectivity index (χ4v) is 2.76. The van der Waals surface area contributed by atoms with Crippen LogP contribution in [0.25, 0.3) is 0 Å². The summed E-state index contributed by atoms with van der Waals surface area (Å²) < 4.78 is 4.84. The molecule has 23 heavy (non-hydrogen) atoms. The van der Waals surface area contributed by atoms with E-state index < -0.39 is 0 Å². The van der Waals surface area contributed by atoms with E-state index >= 15 is 0 Å². The lowest BCUT2D eigenvalue weighted by atomic mass is 10.1. The molecule has 1 amide bonds. The number of hydrogen-bond donors (Lipinski definition) is 0. The molecule has 1 aromatic carbocycles. The van der Waals surface area contributed by atoms with Gasteiger partial charge in [-0.05, 0) is 31.7 Å². The fraction of sp³-hybridized carbons (Fsp3) is 0.375. The Kier molecular flexibility index (Phi) is 6.04. The van der Waals surface area contributed by atoms with Gasteiger partial charge in [-0.1, -0.05) is 29.3 Å². The topological polar surface area (TPSA) is 49.6 Å². The molecule has 2 rings (SSSR count). The first-order valence-corrected chi connectivity index (χ1v) is 7.94. The Morgan fingerprint density at radius 3 is 2.65 bits per heavy atom. The molecular formula is C16H19Cl2N3O2. The van der Waals surface area contributed by atoms with Gasteiger partial charge in [0.25, 0.3) is 5.91 Å². The van der Waals surface area contributed by atoms with Crippen LogP contribution in [-0.2, 0) is 0 Å². The molecular weight excluding hydrogens is 337 g/mol. The molecule has 0 spiro atoms. The van der Waals surface area contributed by atoms with Gasteiger partial charge in [-0.2, -0.15) is 0 Å². The predicted octanol–water partition coefficient (Wildman–Crippen LogP) is 3.75. The summed E-state index contributed by atoms with van der Waals surface area (Å²) in [6.07, 6.45) is 2.59. The Bertz CT molecular complexity index is 661. The summed E-state index contributed by atoms with van der Waals surface area (Å²) in [7, 11) is 3.73. The first kappa shape index (κ1) is 17.8. The third-order valence-electron chi connectivity index (χ3n) is 3.86. The molecule has 0 aliphatic carbocycles. The minimum atomic E-state index is -0.163. The van der Waals surface area contributed by atoms with E-state index in [1.807, 2.05) is 19.2 Å². The van der Waals surface area contributed by atoms with Crippen LogP contribution in [-0.4, -0.2) is 47.9 Å². The van der Waals surface area contributed by atoms with Gasteiger partial charge in [0.1, 0.15) is 6.26 Å². The maximum atomic E-state index is 12.1. The fourth-order valence-electron chi connectivity index (χ4n) is 2.19. The van der Waals surface area contributed by atoms with Gasteiger partial charge in [-0.25, -0.2) is 4.98 Å². The zero-order valence-electron chi connectivity index (χ0n) is 13.3. The van der Waals surface area contributed by atoms with E-state index in [0.717, 1.165) is 5.56 Å². The lowest BCUT2D eigenvalue weighted by molar-refractivity contribution is 0.0770. The first-order chi connectivity index (χ1) is 10.9. The summed E-state index contributed by atoms with van der Waals surface area (Å²) in [6, 6.07) is 5.60. The highest BCUT2D eigenvalue weighted by Gasteiger charge is 2.18. The van der Waals surface area contributed by atoms with Crippen molar-refractivity contribution in [3.8, 4) is 0 Å². The molecule has 124 valence electrons. The summed E-state index contributed by atoms with van der Waals surface area (Å²) in [4.78, 5) is 19.7. The number of carbonyl (C=O) groups excluding carboxylic acids is 1. The Balaban J connectivity index is 1.93. The van der Waals surface area contributed by atoms with Crippen LogP contribution in [0.3, 0.4) is 0 Å². The summed E-state index contributed by atoms with van der Waals surface area (Å²) in [5.74, 6) is -0.163. The molecule has 1 unspecified atom stereocenters. The highest BCUT2D eigenvalue weighted by molar-refractivity contribution is 6.35. The summed E-state index contributed by atoms with van der Waals surface area (Å²) in [5.41, 5.74) is 1.31. The number of oxazole rings is 1. The van der Waals surface area contributed by atoms with E-state index in [1.54, 1.807) is 18.0 Å². The van der Waals surface area contributed by atoms with Crippen molar-refractivity contribution in [3.63, 3.8) is 0 Å². The van der Waals surface area contributed by atoms with E-state index in [2.05, 4.69) is 16.8 Å². The average Bonchev–Trinajstić information content (AvgIpc) is 3.05. The lowest BCUT2D eigenvalue weighted by Crippen LogP contribution is -2.36. The number of aromatic nitrogens is 1. The number of likely N-dealkylation sites (N-methyl/N-ethyl adjacent to an activating group) is 2. The van der Waals surface area contributed by atoms with Gasteiger partial charge in [-0.15, -0.1) is 0 Å². The van der Waals surface area contributed by atoms with E-state index in [1.165, 1.54) is 12.7 Å². The molecule has 0 bridgehead atoms. The van der Waals surface area contributed by atoms with E-state index in [-0.39, 0.29) is 11.9 Å². The van der Waals surface area contributed by atoms with E-state index in [4.69, 9.17) is 27.6 Å². The number of amides is 1. The second-order valence-electron chi connectivity index (χ2n) is 5.42. The van der Waals surface area contributed by atoms with Crippen molar-refractivity contribution in [3.05, 3.63) is 52.2 Å². The third kappa shape index (κ3) is 4.47. The van der Waals surface area contributed by atoms with Gasteiger partial charge in [0, 0.05) is 36.2 Å². The minimum Gasteiger partial charge on any atom is -0.451 e. The molecule has 1 atom stereocenters. The van der Waals surface area contributed by atoms with E-state index in [9.17, 15) is 4.79 Å². The Labute approximate surface area is 145 Å². The zero-order chi connectivity index (χ0) is 17.0. The van der Waals surface area contributed by atoms with Crippen molar-refractivity contribution < 1.29 is 9.21 Å². The van der Waals surface area contributed by atoms with Crippen molar-refractivity contribution in [1.29, 1.82) is 0 Å². The second kappa shape index (κ2) is 7.81. The van der Waals surface area contributed by atoms with Crippen molar-refractivity contribution >= 4 is 29.1 Å². The molecule has 1 heterocycles. The number of hydrogen-bond acceptors (Lipinski definition) is 4. The van der Waals surface area contributed by atoms with Crippen molar-refractivity contribution in [2.75, 3.05) is 27.2 Å². The number of carbonyl (C=O) groups is 1. The van der Waals surface area contributed by atoms with Crippen molar-refractivity contribution in [1.82, 2.24) is 14.8 Å². The molecule has 0 aliphatic heterocycles. The maximum absolute atomic E-state index is 12.1. The van der Waals surface area contributed by atoms with Crippen LogP contribution in [0.5, 0.6) is 0 Å². The molecule has 2 aromatic rings. The van der Waals surface area contributed by atoms with Crippen molar-refractivity contribution in [2.45, 2.75) is 13.0 Å². The Hall–Kier alpha value is -1.56. The first-order valence-electron chi connectivity index (χ1n) is 7.19. The molecule has 5 nitrogen and oxygen atoms in total. The normalized spacial score (nSPS) is 12.4. The SMILES string of the molecule is CC(c1ccc(Cl)cc1Cl)N(C)CCN(C)C(=O)c1cocn1. The number of nitrogens with zero attached hydrogens (tertiary/aromatic N) is 3.